The number of benzene rings is 1. The Balaban J connectivity index is 2.85. The van der Waals surface area contributed by atoms with Crippen LogP contribution in [0.15, 0.2) is 18.2 Å². The van der Waals surface area contributed by atoms with Gasteiger partial charge in [0.1, 0.15) is 5.75 Å². The van der Waals surface area contributed by atoms with Crippen molar-refractivity contribution in [1.29, 1.82) is 0 Å². The number of hydrogen-bond donors (Lipinski definition) is 2. The molecule has 0 saturated carbocycles. The van der Waals surface area contributed by atoms with Crippen LogP contribution in [0.3, 0.4) is 0 Å². The Bertz CT molecular complexity index is 472. The molecule has 0 spiro atoms. The van der Waals surface area contributed by atoms with E-state index >= 15 is 0 Å². The van der Waals surface area contributed by atoms with Crippen LogP contribution >= 0.6 is 0 Å². The van der Waals surface area contributed by atoms with Crippen LogP contribution in [-0.2, 0) is 4.79 Å². The monoisotopic (exact) mass is 264 g/mol. The Morgan fingerprint density at radius 1 is 1.42 bits per heavy atom. The molecule has 1 amide bonds. The van der Waals surface area contributed by atoms with Gasteiger partial charge in [0.05, 0.1) is 18.8 Å². The number of nitrogen functional groups attached to an aromatic ring is 1. The lowest BCUT2D eigenvalue weighted by atomic mass is 10.1. The zero-order valence-corrected chi connectivity index (χ0v) is 11.5. The Hall–Kier alpha value is -2.04. The lowest BCUT2D eigenvalue weighted by molar-refractivity contribution is -0.118. The average molecular weight is 264 g/mol. The number of hydrogen-bond acceptors (Lipinski definition) is 4. The van der Waals surface area contributed by atoms with Crippen LogP contribution in [0.4, 0.5) is 5.69 Å². The molecule has 1 atom stereocenters. The molecule has 1 aromatic rings. The standard InChI is InChI=1S/C14H20N2O3/c1-4-5-12(9(2)17)16-14(18)10-6-7-11(15)13(8-10)19-3/h6-8,12H,4-5,15H2,1-3H3,(H,16,18)/t12-/m0/s1. The molecule has 0 radical (unpaired) electrons. The molecule has 0 aliphatic rings. The normalized spacial score (nSPS) is 11.7. The molecule has 0 aliphatic carbocycles. The first-order valence-corrected chi connectivity index (χ1v) is 6.24. The van der Waals surface area contributed by atoms with Crippen LogP contribution in [0.5, 0.6) is 5.75 Å². The van der Waals surface area contributed by atoms with Crippen molar-refractivity contribution >= 4 is 17.4 Å². The Morgan fingerprint density at radius 3 is 2.63 bits per heavy atom. The van der Waals surface area contributed by atoms with Gasteiger partial charge in [0.15, 0.2) is 5.78 Å². The zero-order valence-electron chi connectivity index (χ0n) is 11.5. The number of methoxy groups -OCH3 is 1. The van der Waals surface area contributed by atoms with E-state index in [4.69, 9.17) is 10.5 Å². The van der Waals surface area contributed by atoms with E-state index in [9.17, 15) is 9.59 Å². The molecule has 0 saturated heterocycles. The summed E-state index contributed by atoms with van der Waals surface area (Å²) >= 11 is 0. The van der Waals surface area contributed by atoms with Crippen molar-refractivity contribution in [3.8, 4) is 5.75 Å². The fourth-order valence-corrected chi connectivity index (χ4v) is 1.76. The first-order valence-electron chi connectivity index (χ1n) is 6.24. The molecule has 0 unspecified atom stereocenters. The van der Waals surface area contributed by atoms with Crippen LogP contribution < -0.4 is 15.8 Å². The van der Waals surface area contributed by atoms with Gasteiger partial charge in [0.2, 0.25) is 0 Å². The number of ether oxygens (including phenoxy) is 1. The third-order valence-corrected chi connectivity index (χ3v) is 2.87. The number of nitrogens with two attached hydrogens (primary N) is 1. The summed E-state index contributed by atoms with van der Waals surface area (Å²) in [6.45, 7) is 3.44. The van der Waals surface area contributed by atoms with Gasteiger partial charge < -0.3 is 15.8 Å². The number of carbonyl (C=O) groups excluding carboxylic acids is 2. The van der Waals surface area contributed by atoms with E-state index in [0.29, 0.717) is 23.4 Å². The lowest BCUT2D eigenvalue weighted by Gasteiger charge is -2.15. The molecule has 0 heterocycles. The summed E-state index contributed by atoms with van der Waals surface area (Å²) in [7, 11) is 1.49. The van der Waals surface area contributed by atoms with Gasteiger partial charge in [-0.25, -0.2) is 0 Å². The topological polar surface area (TPSA) is 81.4 Å². The maximum absolute atomic E-state index is 12.1. The molecule has 3 N–H and O–H groups in total. The predicted octanol–water partition coefficient (Wildman–Crippen LogP) is 1.76. The van der Waals surface area contributed by atoms with Gasteiger partial charge in [-0.1, -0.05) is 13.3 Å². The van der Waals surface area contributed by atoms with Gasteiger partial charge in [-0.2, -0.15) is 0 Å². The first-order chi connectivity index (χ1) is 8.99. The largest absolute Gasteiger partial charge is 0.495 e. The minimum absolute atomic E-state index is 0.0439. The summed E-state index contributed by atoms with van der Waals surface area (Å²) < 4.78 is 5.06. The molecule has 0 bridgehead atoms. The second kappa shape index (κ2) is 6.78. The molecule has 19 heavy (non-hydrogen) atoms. The van der Waals surface area contributed by atoms with Crippen molar-refractivity contribution in [3.05, 3.63) is 23.8 Å². The van der Waals surface area contributed by atoms with Crippen molar-refractivity contribution in [3.63, 3.8) is 0 Å². The first kappa shape index (κ1) is 15.0. The minimum Gasteiger partial charge on any atom is -0.495 e. The maximum Gasteiger partial charge on any atom is 0.251 e. The summed E-state index contributed by atoms with van der Waals surface area (Å²) in [5.74, 6) is 0.104. The van der Waals surface area contributed by atoms with Crippen LogP contribution in [0.25, 0.3) is 0 Å². The van der Waals surface area contributed by atoms with Gasteiger partial charge >= 0.3 is 0 Å². The zero-order chi connectivity index (χ0) is 14.4. The number of amides is 1. The van der Waals surface area contributed by atoms with Crippen LogP contribution in [0.1, 0.15) is 37.0 Å². The smallest absolute Gasteiger partial charge is 0.251 e. The summed E-state index contributed by atoms with van der Waals surface area (Å²) in [5, 5.41) is 2.72. The van der Waals surface area contributed by atoms with Crippen molar-refractivity contribution in [2.45, 2.75) is 32.7 Å². The van der Waals surface area contributed by atoms with Crippen molar-refractivity contribution in [2.24, 2.45) is 0 Å². The molecule has 0 aliphatic heterocycles. The lowest BCUT2D eigenvalue weighted by Crippen LogP contribution is -2.39. The van der Waals surface area contributed by atoms with Crippen LogP contribution in [0.2, 0.25) is 0 Å². The van der Waals surface area contributed by atoms with E-state index in [2.05, 4.69) is 5.32 Å². The van der Waals surface area contributed by atoms with Crippen molar-refractivity contribution in [1.82, 2.24) is 5.32 Å². The highest BCUT2D eigenvalue weighted by Gasteiger charge is 2.17. The third-order valence-electron chi connectivity index (χ3n) is 2.87. The Morgan fingerprint density at radius 2 is 2.11 bits per heavy atom. The highest BCUT2D eigenvalue weighted by molar-refractivity contribution is 5.98. The molecule has 0 fully saturated rings. The highest BCUT2D eigenvalue weighted by Crippen LogP contribution is 2.22. The van der Waals surface area contributed by atoms with E-state index in [-0.39, 0.29) is 11.7 Å². The number of rotatable bonds is 6. The van der Waals surface area contributed by atoms with Crippen molar-refractivity contribution < 1.29 is 14.3 Å². The molecular formula is C14H20N2O3. The fraction of sp³-hybridized carbons (Fsp3) is 0.429. The molecule has 1 rings (SSSR count). The van der Waals surface area contributed by atoms with E-state index in [1.54, 1.807) is 18.2 Å². The highest BCUT2D eigenvalue weighted by atomic mass is 16.5. The molecule has 5 heteroatoms. The average Bonchev–Trinajstić information content (AvgIpc) is 2.38. The second-order valence-electron chi connectivity index (χ2n) is 4.38. The molecular weight excluding hydrogens is 244 g/mol. The summed E-state index contributed by atoms with van der Waals surface area (Å²) in [4.78, 5) is 23.5. The Labute approximate surface area is 113 Å². The van der Waals surface area contributed by atoms with E-state index in [0.717, 1.165) is 6.42 Å². The van der Waals surface area contributed by atoms with Crippen molar-refractivity contribution in [2.75, 3.05) is 12.8 Å². The van der Waals surface area contributed by atoms with Gasteiger partial charge in [0.25, 0.3) is 5.91 Å². The summed E-state index contributed by atoms with van der Waals surface area (Å²) in [5.41, 5.74) is 6.58. The predicted molar refractivity (Wildman–Crippen MR) is 74.2 cm³/mol. The number of Topliss-reactive ketones (excluding diaryl/α,β-unsaturated/α-hetero) is 1. The summed E-state index contributed by atoms with van der Waals surface area (Å²) in [6, 6.07) is 4.33. The second-order valence-corrected chi connectivity index (χ2v) is 4.38. The maximum atomic E-state index is 12.1. The number of anilines is 1. The van der Waals surface area contributed by atoms with Gasteiger partial charge in [-0.05, 0) is 31.5 Å². The SMILES string of the molecule is CCC[C@H](NC(=O)c1ccc(N)c(OC)c1)C(C)=O. The quantitative estimate of drug-likeness (QED) is 0.767. The molecule has 1 aromatic carbocycles. The van der Waals surface area contributed by atoms with Crippen LogP contribution in [0, 0.1) is 0 Å². The number of ketones is 1. The number of carbonyl (C=O) groups is 2. The van der Waals surface area contributed by atoms with E-state index < -0.39 is 6.04 Å². The molecule has 0 aromatic heterocycles. The van der Waals surface area contributed by atoms with E-state index in [1.807, 2.05) is 6.92 Å². The third kappa shape index (κ3) is 3.98. The van der Waals surface area contributed by atoms with E-state index in [1.165, 1.54) is 14.0 Å². The Kier molecular flexibility index (Phi) is 5.36. The van der Waals surface area contributed by atoms with Gasteiger partial charge in [0, 0.05) is 5.56 Å². The summed E-state index contributed by atoms with van der Waals surface area (Å²) in [6.07, 6.45) is 1.46. The minimum atomic E-state index is -0.443. The molecule has 5 nitrogen and oxygen atoms in total. The van der Waals surface area contributed by atoms with Crippen LogP contribution in [-0.4, -0.2) is 24.8 Å². The molecule has 104 valence electrons. The van der Waals surface area contributed by atoms with Gasteiger partial charge in [-0.3, -0.25) is 9.59 Å². The van der Waals surface area contributed by atoms with Gasteiger partial charge in [-0.15, -0.1) is 0 Å². The fourth-order valence-electron chi connectivity index (χ4n) is 1.76. The number of nitrogens with one attached hydrogen (secondary N) is 1.